The first-order chi connectivity index (χ1) is 9.11. The van der Waals surface area contributed by atoms with Gasteiger partial charge in [0.25, 0.3) is 0 Å². The fourth-order valence-electron chi connectivity index (χ4n) is 1.70. The van der Waals surface area contributed by atoms with Crippen molar-refractivity contribution < 1.29 is 17.9 Å². The lowest BCUT2D eigenvalue weighted by Gasteiger charge is -2.09. The summed E-state index contributed by atoms with van der Waals surface area (Å²) >= 11 is 0. The maximum atomic E-state index is 11.8. The summed E-state index contributed by atoms with van der Waals surface area (Å²) in [7, 11) is -3.34. The number of ether oxygens (including phenoxy) is 2. The molecule has 0 radical (unpaired) electrons. The summed E-state index contributed by atoms with van der Waals surface area (Å²) in [5.41, 5.74) is 0.486. The molecule has 106 valence electrons. The predicted octanol–water partition coefficient (Wildman–Crippen LogP) is 1.16. The van der Waals surface area contributed by atoms with E-state index in [1.807, 2.05) is 6.92 Å². The molecular formula is C12H18N2O4S. The van der Waals surface area contributed by atoms with Gasteiger partial charge in [0, 0.05) is 12.6 Å². The summed E-state index contributed by atoms with van der Waals surface area (Å²) in [6, 6.07) is 4.97. The summed E-state index contributed by atoms with van der Waals surface area (Å²) in [5, 5.41) is 3.05. The van der Waals surface area contributed by atoms with Gasteiger partial charge in [-0.25, -0.2) is 8.42 Å². The molecule has 7 heteroatoms. The summed E-state index contributed by atoms with van der Waals surface area (Å²) in [6.45, 7) is 3.46. The van der Waals surface area contributed by atoms with E-state index in [-0.39, 0.29) is 12.5 Å². The van der Waals surface area contributed by atoms with Gasteiger partial charge in [0.1, 0.15) is 0 Å². The Labute approximate surface area is 113 Å². The Balaban J connectivity index is 1.92. The van der Waals surface area contributed by atoms with Crippen LogP contribution in [-0.2, 0) is 10.0 Å². The number of hydrogen-bond donors (Lipinski definition) is 2. The van der Waals surface area contributed by atoms with E-state index in [4.69, 9.17) is 9.47 Å². The Morgan fingerprint density at radius 1 is 1.21 bits per heavy atom. The summed E-state index contributed by atoms with van der Waals surface area (Å²) in [5.74, 6) is 1.23. The summed E-state index contributed by atoms with van der Waals surface area (Å²) in [4.78, 5) is 0. The van der Waals surface area contributed by atoms with Crippen molar-refractivity contribution in [3.05, 3.63) is 18.2 Å². The van der Waals surface area contributed by atoms with Crippen LogP contribution >= 0.6 is 0 Å². The lowest BCUT2D eigenvalue weighted by atomic mass is 10.3. The van der Waals surface area contributed by atoms with Gasteiger partial charge in [0.05, 0.1) is 11.4 Å². The van der Waals surface area contributed by atoms with Gasteiger partial charge in [-0.3, -0.25) is 4.72 Å². The van der Waals surface area contributed by atoms with Gasteiger partial charge in [-0.2, -0.15) is 0 Å². The van der Waals surface area contributed by atoms with Crippen LogP contribution in [0, 0.1) is 0 Å². The largest absolute Gasteiger partial charge is 0.454 e. The van der Waals surface area contributed by atoms with E-state index in [1.165, 1.54) is 0 Å². The minimum Gasteiger partial charge on any atom is -0.454 e. The van der Waals surface area contributed by atoms with Gasteiger partial charge < -0.3 is 14.8 Å². The molecule has 2 rings (SSSR count). The molecule has 19 heavy (non-hydrogen) atoms. The van der Waals surface area contributed by atoms with E-state index in [1.54, 1.807) is 18.2 Å². The Bertz CT molecular complexity index is 531. The van der Waals surface area contributed by atoms with Crippen molar-refractivity contribution in [3.63, 3.8) is 0 Å². The van der Waals surface area contributed by atoms with Crippen LogP contribution in [0.15, 0.2) is 18.2 Å². The van der Waals surface area contributed by atoms with Crippen LogP contribution in [-0.4, -0.2) is 34.1 Å². The highest BCUT2D eigenvalue weighted by Crippen LogP contribution is 2.34. The zero-order valence-corrected chi connectivity index (χ0v) is 11.6. The highest BCUT2D eigenvalue weighted by Gasteiger charge is 2.16. The minimum atomic E-state index is -3.34. The van der Waals surface area contributed by atoms with Gasteiger partial charge in [-0.15, -0.1) is 0 Å². The Morgan fingerprint density at radius 3 is 2.79 bits per heavy atom. The van der Waals surface area contributed by atoms with Crippen molar-refractivity contribution in [2.45, 2.75) is 13.3 Å². The van der Waals surface area contributed by atoms with Crippen LogP contribution in [0.5, 0.6) is 11.5 Å². The van der Waals surface area contributed by atoms with Gasteiger partial charge in [0.2, 0.25) is 16.8 Å². The first-order valence-corrected chi connectivity index (χ1v) is 7.87. The van der Waals surface area contributed by atoms with Gasteiger partial charge in [-0.05, 0) is 25.1 Å². The molecule has 2 N–H and O–H groups in total. The maximum Gasteiger partial charge on any atom is 0.233 e. The molecule has 0 aliphatic carbocycles. The standard InChI is InChI=1S/C12H18N2O4S/c1-2-5-13-6-7-19(15,16)14-10-3-4-11-12(8-10)18-9-17-11/h3-4,8,13-14H,2,5-7,9H2,1H3. The zero-order valence-electron chi connectivity index (χ0n) is 10.8. The quantitative estimate of drug-likeness (QED) is 0.736. The van der Waals surface area contributed by atoms with Crippen LogP contribution in [0.25, 0.3) is 0 Å². The molecular weight excluding hydrogens is 268 g/mol. The summed E-state index contributed by atoms with van der Waals surface area (Å²) < 4.78 is 36.6. The molecule has 1 aromatic rings. The number of anilines is 1. The van der Waals surface area contributed by atoms with Crippen molar-refractivity contribution in [3.8, 4) is 11.5 Å². The van der Waals surface area contributed by atoms with Crippen LogP contribution in [0.3, 0.4) is 0 Å². The van der Waals surface area contributed by atoms with E-state index >= 15 is 0 Å². The summed E-state index contributed by atoms with van der Waals surface area (Å²) in [6.07, 6.45) is 0.982. The topological polar surface area (TPSA) is 76.7 Å². The third-order valence-electron chi connectivity index (χ3n) is 2.62. The molecule has 0 bridgehead atoms. The number of nitrogens with one attached hydrogen (secondary N) is 2. The van der Waals surface area contributed by atoms with E-state index in [0.29, 0.717) is 23.7 Å². The first kappa shape index (κ1) is 14.0. The Kier molecular flexibility index (Phi) is 4.49. The molecule has 1 aromatic carbocycles. The number of fused-ring (bicyclic) bond motifs is 1. The number of benzene rings is 1. The van der Waals surface area contributed by atoms with Crippen molar-refractivity contribution >= 4 is 15.7 Å². The van der Waals surface area contributed by atoms with Crippen molar-refractivity contribution in [2.24, 2.45) is 0 Å². The average molecular weight is 286 g/mol. The second-order valence-electron chi connectivity index (χ2n) is 4.24. The van der Waals surface area contributed by atoms with E-state index < -0.39 is 10.0 Å². The highest BCUT2D eigenvalue weighted by molar-refractivity contribution is 7.92. The van der Waals surface area contributed by atoms with Crippen molar-refractivity contribution in [1.82, 2.24) is 5.32 Å². The predicted molar refractivity (Wildman–Crippen MR) is 73.1 cm³/mol. The van der Waals surface area contributed by atoms with Crippen LogP contribution in [0.1, 0.15) is 13.3 Å². The number of sulfonamides is 1. The minimum absolute atomic E-state index is 0.0431. The number of rotatable bonds is 7. The Hall–Kier alpha value is -1.47. The van der Waals surface area contributed by atoms with Gasteiger partial charge in [0.15, 0.2) is 11.5 Å². The molecule has 0 unspecified atom stereocenters. The van der Waals surface area contributed by atoms with Crippen LogP contribution in [0.2, 0.25) is 0 Å². The van der Waals surface area contributed by atoms with Crippen LogP contribution < -0.4 is 19.5 Å². The zero-order chi connectivity index (χ0) is 13.7. The normalized spacial score (nSPS) is 13.5. The Morgan fingerprint density at radius 2 is 2.00 bits per heavy atom. The first-order valence-electron chi connectivity index (χ1n) is 6.21. The molecule has 6 nitrogen and oxygen atoms in total. The van der Waals surface area contributed by atoms with Crippen LogP contribution in [0.4, 0.5) is 5.69 Å². The lowest BCUT2D eigenvalue weighted by Crippen LogP contribution is -2.27. The van der Waals surface area contributed by atoms with E-state index in [2.05, 4.69) is 10.0 Å². The smallest absolute Gasteiger partial charge is 0.233 e. The average Bonchev–Trinajstić information content (AvgIpc) is 2.81. The maximum absolute atomic E-state index is 11.8. The third kappa shape index (κ3) is 4.00. The molecule has 0 aromatic heterocycles. The monoisotopic (exact) mass is 286 g/mol. The van der Waals surface area contributed by atoms with Gasteiger partial charge >= 0.3 is 0 Å². The molecule has 1 aliphatic rings. The molecule has 0 saturated carbocycles. The fraction of sp³-hybridized carbons (Fsp3) is 0.500. The van der Waals surface area contributed by atoms with E-state index in [9.17, 15) is 8.42 Å². The third-order valence-corrected chi connectivity index (χ3v) is 3.91. The van der Waals surface area contributed by atoms with Crippen molar-refractivity contribution in [1.29, 1.82) is 0 Å². The lowest BCUT2D eigenvalue weighted by molar-refractivity contribution is 0.174. The fourth-order valence-corrected chi connectivity index (χ4v) is 2.70. The molecule has 1 aliphatic heterocycles. The SMILES string of the molecule is CCCNCCS(=O)(=O)Nc1ccc2c(c1)OCO2. The second-order valence-corrected chi connectivity index (χ2v) is 6.08. The molecule has 0 atom stereocenters. The second kappa shape index (κ2) is 6.12. The van der Waals surface area contributed by atoms with E-state index in [0.717, 1.165) is 13.0 Å². The van der Waals surface area contributed by atoms with Gasteiger partial charge in [-0.1, -0.05) is 6.92 Å². The molecule has 0 amide bonds. The van der Waals surface area contributed by atoms with Crippen molar-refractivity contribution in [2.75, 3.05) is 30.4 Å². The highest BCUT2D eigenvalue weighted by atomic mass is 32.2. The molecule has 0 fully saturated rings. The number of hydrogen-bond acceptors (Lipinski definition) is 5. The molecule has 1 heterocycles. The molecule has 0 saturated heterocycles. The molecule has 0 spiro atoms.